The van der Waals surface area contributed by atoms with Crippen molar-refractivity contribution in [2.24, 2.45) is 11.7 Å². The van der Waals surface area contributed by atoms with Crippen LogP contribution >= 0.6 is 22.7 Å². The third-order valence-corrected chi connectivity index (χ3v) is 6.38. The third-order valence-electron chi connectivity index (χ3n) is 4.37. The zero-order chi connectivity index (χ0) is 17.1. The molecule has 1 atom stereocenters. The summed E-state index contributed by atoms with van der Waals surface area (Å²) in [6.07, 6.45) is 7.30. The average molecular weight is 361 g/mol. The van der Waals surface area contributed by atoms with E-state index >= 15 is 0 Å². The number of amides is 2. The number of thiophene rings is 2. The molecule has 0 saturated carbocycles. The molecule has 1 aliphatic rings. The maximum absolute atomic E-state index is 12.2. The van der Waals surface area contributed by atoms with Gasteiger partial charge in [0.25, 0.3) is 5.91 Å². The minimum atomic E-state index is -0.458. The average Bonchev–Trinajstić information content (AvgIpc) is 3.19. The second-order valence-electron chi connectivity index (χ2n) is 5.93. The second-order valence-corrected chi connectivity index (χ2v) is 8.01. The van der Waals surface area contributed by atoms with Gasteiger partial charge in [0.2, 0.25) is 5.91 Å². The number of carbonyl (C=O) groups excluding carboxylic acids is 2. The number of fused-ring (bicyclic) bond motifs is 1. The molecular weight excluding hydrogens is 340 g/mol. The van der Waals surface area contributed by atoms with Crippen molar-refractivity contribution in [3.8, 4) is 0 Å². The molecular formula is C18H20N2O2S2. The molecule has 2 heterocycles. The summed E-state index contributed by atoms with van der Waals surface area (Å²) in [6.45, 7) is 2.19. The third kappa shape index (κ3) is 3.60. The van der Waals surface area contributed by atoms with E-state index in [0.29, 0.717) is 16.5 Å². The van der Waals surface area contributed by atoms with Gasteiger partial charge in [-0.05, 0) is 48.3 Å². The van der Waals surface area contributed by atoms with Gasteiger partial charge in [0.15, 0.2) is 0 Å². The van der Waals surface area contributed by atoms with E-state index in [4.69, 9.17) is 5.73 Å². The SMILES string of the molecule is CC[C@H]1CCc2c(sc(NC(=O)/C=C/c3cccs3)c2C(N)=O)C1. The Morgan fingerprint density at radius 1 is 1.46 bits per heavy atom. The molecule has 24 heavy (non-hydrogen) atoms. The van der Waals surface area contributed by atoms with Crippen molar-refractivity contribution >= 4 is 45.6 Å². The summed E-state index contributed by atoms with van der Waals surface area (Å²) >= 11 is 3.06. The summed E-state index contributed by atoms with van der Waals surface area (Å²) in [7, 11) is 0. The van der Waals surface area contributed by atoms with E-state index in [9.17, 15) is 9.59 Å². The molecule has 4 nitrogen and oxygen atoms in total. The molecule has 0 unspecified atom stereocenters. The molecule has 1 aliphatic carbocycles. The van der Waals surface area contributed by atoms with Crippen molar-refractivity contribution in [2.45, 2.75) is 32.6 Å². The predicted octanol–water partition coefficient (Wildman–Crippen LogP) is 4.08. The largest absolute Gasteiger partial charge is 0.365 e. The van der Waals surface area contributed by atoms with Crippen LogP contribution in [0.15, 0.2) is 23.6 Å². The summed E-state index contributed by atoms with van der Waals surface area (Å²) in [4.78, 5) is 26.3. The van der Waals surface area contributed by atoms with Gasteiger partial charge in [-0.15, -0.1) is 22.7 Å². The Labute approximate surface area is 149 Å². The highest BCUT2D eigenvalue weighted by Crippen LogP contribution is 2.40. The highest BCUT2D eigenvalue weighted by Gasteiger charge is 2.27. The molecule has 126 valence electrons. The van der Waals surface area contributed by atoms with Crippen LogP contribution in [0.3, 0.4) is 0 Å². The lowest BCUT2D eigenvalue weighted by Crippen LogP contribution is -2.19. The first-order chi connectivity index (χ1) is 11.6. The molecule has 2 aromatic heterocycles. The van der Waals surface area contributed by atoms with Crippen molar-refractivity contribution in [1.82, 2.24) is 0 Å². The van der Waals surface area contributed by atoms with Gasteiger partial charge in [0, 0.05) is 15.8 Å². The van der Waals surface area contributed by atoms with Crippen LogP contribution in [-0.4, -0.2) is 11.8 Å². The normalized spacial score (nSPS) is 17.0. The van der Waals surface area contributed by atoms with Crippen LogP contribution in [0.2, 0.25) is 0 Å². The van der Waals surface area contributed by atoms with E-state index in [1.165, 1.54) is 22.3 Å². The van der Waals surface area contributed by atoms with Crippen LogP contribution in [0.5, 0.6) is 0 Å². The van der Waals surface area contributed by atoms with Gasteiger partial charge in [0.1, 0.15) is 5.00 Å². The van der Waals surface area contributed by atoms with E-state index < -0.39 is 5.91 Å². The Morgan fingerprint density at radius 2 is 2.29 bits per heavy atom. The number of hydrogen-bond acceptors (Lipinski definition) is 4. The Balaban J connectivity index is 1.81. The molecule has 0 aromatic carbocycles. The zero-order valence-electron chi connectivity index (χ0n) is 13.5. The van der Waals surface area contributed by atoms with E-state index in [1.807, 2.05) is 17.5 Å². The van der Waals surface area contributed by atoms with Crippen LogP contribution in [0, 0.1) is 5.92 Å². The molecule has 0 fully saturated rings. The van der Waals surface area contributed by atoms with E-state index in [1.54, 1.807) is 17.4 Å². The standard InChI is InChI=1S/C18H20N2O2S2/c1-2-11-5-7-13-14(10-11)24-18(16(13)17(19)22)20-15(21)8-6-12-4-3-9-23-12/h3-4,6,8-9,11H,2,5,7,10H2,1H3,(H2,19,22)(H,20,21)/b8-6+/t11-/m0/s1. The second kappa shape index (κ2) is 7.32. The highest BCUT2D eigenvalue weighted by molar-refractivity contribution is 7.17. The van der Waals surface area contributed by atoms with E-state index in [-0.39, 0.29) is 5.91 Å². The number of primary amides is 1. The highest BCUT2D eigenvalue weighted by atomic mass is 32.1. The number of carbonyl (C=O) groups is 2. The molecule has 0 spiro atoms. The first kappa shape index (κ1) is 16.9. The van der Waals surface area contributed by atoms with Gasteiger partial charge < -0.3 is 11.1 Å². The molecule has 0 radical (unpaired) electrons. The zero-order valence-corrected chi connectivity index (χ0v) is 15.1. The molecule has 3 N–H and O–H groups in total. The fourth-order valence-electron chi connectivity index (χ4n) is 3.05. The lowest BCUT2D eigenvalue weighted by atomic mass is 9.85. The molecule has 0 aliphatic heterocycles. The summed E-state index contributed by atoms with van der Waals surface area (Å²) in [5.74, 6) is -0.0457. The van der Waals surface area contributed by atoms with Crippen LogP contribution in [0.1, 0.15) is 45.4 Å². The number of rotatable bonds is 5. The van der Waals surface area contributed by atoms with Crippen molar-refractivity contribution in [2.75, 3.05) is 5.32 Å². The van der Waals surface area contributed by atoms with Gasteiger partial charge in [-0.3, -0.25) is 9.59 Å². The maximum Gasteiger partial charge on any atom is 0.251 e. The fourth-order valence-corrected chi connectivity index (χ4v) is 5.04. The van der Waals surface area contributed by atoms with Gasteiger partial charge in [-0.2, -0.15) is 0 Å². The van der Waals surface area contributed by atoms with Crippen LogP contribution in [-0.2, 0) is 17.6 Å². The van der Waals surface area contributed by atoms with Gasteiger partial charge in [-0.1, -0.05) is 19.4 Å². The number of hydrogen-bond donors (Lipinski definition) is 2. The summed E-state index contributed by atoms with van der Waals surface area (Å²) in [6, 6.07) is 3.88. The Morgan fingerprint density at radius 3 is 2.96 bits per heavy atom. The number of nitrogens with one attached hydrogen (secondary N) is 1. The van der Waals surface area contributed by atoms with Crippen LogP contribution < -0.4 is 11.1 Å². The van der Waals surface area contributed by atoms with Crippen molar-refractivity contribution in [3.05, 3.63) is 44.5 Å². The van der Waals surface area contributed by atoms with Crippen molar-refractivity contribution < 1.29 is 9.59 Å². The number of nitrogens with two attached hydrogens (primary N) is 1. The summed E-state index contributed by atoms with van der Waals surface area (Å²) in [5, 5.41) is 5.39. The monoisotopic (exact) mass is 360 g/mol. The Kier molecular flexibility index (Phi) is 5.16. The first-order valence-electron chi connectivity index (χ1n) is 8.05. The summed E-state index contributed by atoms with van der Waals surface area (Å²) < 4.78 is 0. The maximum atomic E-state index is 12.2. The van der Waals surface area contributed by atoms with Gasteiger partial charge in [0.05, 0.1) is 5.56 Å². The number of anilines is 1. The summed E-state index contributed by atoms with van der Waals surface area (Å²) in [5.41, 5.74) is 7.12. The van der Waals surface area contributed by atoms with Gasteiger partial charge in [-0.25, -0.2) is 0 Å². The quantitative estimate of drug-likeness (QED) is 0.789. The lowest BCUT2D eigenvalue weighted by molar-refractivity contribution is -0.111. The van der Waals surface area contributed by atoms with Crippen LogP contribution in [0.4, 0.5) is 5.00 Å². The van der Waals surface area contributed by atoms with Crippen LogP contribution in [0.25, 0.3) is 6.08 Å². The molecule has 3 rings (SSSR count). The molecule has 2 amide bonds. The van der Waals surface area contributed by atoms with E-state index in [2.05, 4.69) is 12.2 Å². The lowest BCUT2D eigenvalue weighted by Gasteiger charge is -2.20. The molecule has 6 heteroatoms. The van der Waals surface area contributed by atoms with Crippen molar-refractivity contribution in [3.63, 3.8) is 0 Å². The first-order valence-corrected chi connectivity index (χ1v) is 9.75. The minimum Gasteiger partial charge on any atom is -0.365 e. The van der Waals surface area contributed by atoms with Gasteiger partial charge >= 0.3 is 0 Å². The molecule has 0 saturated heterocycles. The van der Waals surface area contributed by atoms with Crippen molar-refractivity contribution in [1.29, 1.82) is 0 Å². The Bertz CT molecular complexity index is 775. The molecule has 0 bridgehead atoms. The predicted molar refractivity (Wildman–Crippen MR) is 101 cm³/mol. The Hall–Kier alpha value is -1.92. The fraction of sp³-hybridized carbons (Fsp3) is 0.333. The topological polar surface area (TPSA) is 72.2 Å². The minimum absolute atomic E-state index is 0.239. The molecule has 2 aromatic rings. The van der Waals surface area contributed by atoms with E-state index in [0.717, 1.165) is 36.1 Å². The smallest absolute Gasteiger partial charge is 0.251 e.